The van der Waals surface area contributed by atoms with Gasteiger partial charge in [-0.05, 0) is 6.08 Å². The molecular formula is C16H14O. The third-order valence-corrected chi connectivity index (χ3v) is 2.58. The highest BCUT2D eigenvalue weighted by Gasteiger charge is 2.13. The van der Waals surface area contributed by atoms with Crippen molar-refractivity contribution in [3.8, 4) is 0 Å². The summed E-state index contributed by atoms with van der Waals surface area (Å²) in [6.07, 6.45) is 24.8. The van der Waals surface area contributed by atoms with Crippen LogP contribution in [0.4, 0.5) is 0 Å². The standard InChI is InChI=1S/C16H14O/c17-16-13-9-5-4-7-11-14-10-6-2-1-3-8-12-15(14)16/h1-14H. The lowest BCUT2D eigenvalue weighted by Crippen LogP contribution is -2.07. The van der Waals surface area contributed by atoms with Crippen LogP contribution in [0.1, 0.15) is 0 Å². The molecule has 2 rings (SSSR count). The van der Waals surface area contributed by atoms with Crippen LogP contribution in [-0.2, 0) is 4.79 Å². The number of ketones is 1. The normalized spacial score (nSPS) is 22.9. The molecule has 0 radical (unpaired) electrons. The Bertz CT molecular complexity index is 494. The first kappa shape index (κ1) is 11.3. The maximum absolute atomic E-state index is 12.0. The van der Waals surface area contributed by atoms with Crippen LogP contribution >= 0.6 is 0 Å². The molecule has 17 heavy (non-hydrogen) atoms. The Morgan fingerprint density at radius 2 is 1.29 bits per heavy atom. The Kier molecular flexibility index (Phi) is 3.87. The molecule has 0 saturated heterocycles. The van der Waals surface area contributed by atoms with Gasteiger partial charge in [-0.25, -0.2) is 0 Å². The van der Waals surface area contributed by atoms with Gasteiger partial charge in [-0.1, -0.05) is 72.9 Å². The van der Waals surface area contributed by atoms with Crippen molar-refractivity contribution < 1.29 is 4.79 Å². The highest BCUT2D eigenvalue weighted by Crippen LogP contribution is 2.19. The number of hydrogen-bond acceptors (Lipinski definition) is 1. The SMILES string of the molecule is O=C1C=CC=CC=CC2C=CC=CC=CC=C12. The van der Waals surface area contributed by atoms with Gasteiger partial charge in [-0.3, -0.25) is 4.79 Å². The zero-order valence-electron chi connectivity index (χ0n) is 9.49. The van der Waals surface area contributed by atoms with E-state index >= 15 is 0 Å². The Morgan fingerprint density at radius 3 is 2.06 bits per heavy atom. The largest absolute Gasteiger partial charge is 0.290 e. The van der Waals surface area contributed by atoms with E-state index in [0.717, 1.165) is 5.57 Å². The smallest absolute Gasteiger partial charge is 0.182 e. The van der Waals surface area contributed by atoms with Crippen molar-refractivity contribution in [3.63, 3.8) is 0 Å². The zero-order chi connectivity index (χ0) is 11.9. The molecule has 0 fully saturated rings. The van der Waals surface area contributed by atoms with Gasteiger partial charge in [0.15, 0.2) is 5.78 Å². The van der Waals surface area contributed by atoms with Crippen molar-refractivity contribution in [3.05, 3.63) is 84.6 Å². The van der Waals surface area contributed by atoms with Gasteiger partial charge >= 0.3 is 0 Å². The van der Waals surface area contributed by atoms with Crippen molar-refractivity contribution >= 4 is 5.78 Å². The molecule has 1 nitrogen and oxygen atoms in total. The van der Waals surface area contributed by atoms with Crippen LogP contribution in [-0.4, -0.2) is 5.78 Å². The quantitative estimate of drug-likeness (QED) is 0.613. The van der Waals surface area contributed by atoms with E-state index in [1.165, 1.54) is 0 Å². The van der Waals surface area contributed by atoms with Gasteiger partial charge in [0, 0.05) is 11.5 Å². The third-order valence-electron chi connectivity index (χ3n) is 2.58. The lowest BCUT2D eigenvalue weighted by atomic mass is 9.94. The molecule has 84 valence electrons. The topological polar surface area (TPSA) is 17.1 Å². The van der Waals surface area contributed by atoms with Gasteiger partial charge < -0.3 is 0 Å². The van der Waals surface area contributed by atoms with Crippen LogP contribution in [0.15, 0.2) is 84.6 Å². The number of hydrogen-bond donors (Lipinski definition) is 0. The van der Waals surface area contributed by atoms with E-state index in [4.69, 9.17) is 0 Å². The van der Waals surface area contributed by atoms with Crippen LogP contribution < -0.4 is 0 Å². The predicted molar refractivity (Wildman–Crippen MR) is 71.4 cm³/mol. The Balaban J connectivity index is 2.45. The van der Waals surface area contributed by atoms with Crippen molar-refractivity contribution in [1.82, 2.24) is 0 Å². The monoisotopic (exact) mass is 222 g/mol. The van der Waals surface area contributed by atoms with Crippen LogP contribution in [0, 0.1) is 5.92 Å². The molecule has 0 spiro atoms. The van der Waals surface area contributed by atoms with Crippen molar-refractivity contribution in [2.45, 2.75) is 0 Å². The average Bonchev–Trinajstić information content (AvgIpc) is 2.49. The number of carbonyl (C=O) groups is 1. The van der Waals surface area contributed by atoms with E-state index in [0.29, 0.717) is 0 Å². The Labute approximate surface area is 102 Å². The van der Waals surface area contributed by atoms with E-state index in [-0.39, 0.29) is 11.7 Å². The molecule has 2 aliphatic rings. The van der Waals surface area contributed by atoms with E-state index in [9.17, 15) is 4.79 Å². The van der Waals surface area contributed by atoms with Crippen LogP contribution in [0.5, 0.6) is 0 Å². The molecule has 2 aliphatic carbocycles. The molecule has 0 N–H and O–H groups in total. The van der Waals surface area contributed by atoms with Crippen LogP contribution in [0.25, 0.3) is 0 Å². The summed E-state index contributed by atoms with van der Waals surface area (Å²) in [7, 11) is 0. The fourth-order valence-corrected chi connectivity index (χ4v) is 1.72. The van der Waals surface area contributed by atoms with Gasteiger partial charge in [0.05, 0.1) is 0 Å². The molecule has 0 heterocycles. The predicted octanol–water partition coefficient (Wildman–Crippen LogP) is 3.46. The second kappa shape index (κ2) is 5.80. The Hall–Kier alpha value is -2.15. The van der Waals surface area contributed by atoms with Gasteiger partial charge in [0.2, 0.25) is 0 Å². The lowest BCUT2D eigenvalue weighted by Gasteiger charge is -2.09. The van der Waals surface area contributed by atoms with E-state index in [2.05, 4.69) is 0 Å². The molecule has 1 heteroatoms. The molecule has 0 bridgehead atoms. The van der Waals surface area contributed by atoms with Crippen molar-refractivity contribution in [2.75, 3.05) is 0 Å². The zero-order valence-corrected chi connectivity index (χ0v) is 9.49. The number of allylic oxidation sites excluding steroid dienone is 14. The highest BCUT2D eigenvalue weighted by atomic mass is 16.1. The fourth-order valence-electron chi connectivity index (χ4n) is 1.72. The first-order valence-electron chi connectivity index (χ1n) is 5.65. The minimum atomic E-state index is 0.0299. The van der Waals surface area contributed by atoms with Gasteiger partial charge in [0.25, 0.3) is 0 Å². The molecular weight excluding hydrogens is 208 g/mol. The van der Waals surface area contributed by atoms with Gasteiger partial charge in [-0.15, -0.1) is 0 Å². The summed E-state index contributed by atoms with van der Waals surface area (Å²) >= 11 is 0. The number of rotatable bonds is 0. The van der Waals surface area contributed by atoms with Gasteiger partial charge in [0.1, 0.15) is 0 Å². The summed E-state index contributed by atoms with van der Waals surface area (Å²) in [6, 6.07) is 0. The maximum atomic E-state index is 12.0. The number of fused-ring (bicyclic) bond motifs is 1. The summed E-state index contributed by atoms with van der Waals surface area (Å²) < 4.78 is 0. The second-order valence-electron chi connectivity index (χ2n) is 3.80. The fraction of sp³-hybridized carbons (Fsp3) is 0.0625. The van der Waals surface area contributed by atoms with Crippen molar-refractivity contribution in [2.24, 2.45) is 5.92 Å². The summed E-state index contributed by atoms with van der Waals surface area (Å²) in [5.41, 5.74) is 0.789. The summed E-state index contributed by atoms with van der Waals surface area (Å²) in [5.74, 6) is 0.0877. The minimum absolute atomic E-state index is 0.0299. The average molecular weight is 222 g/mol. The molecule has 0 aromatic rings. The number of carbonyl (C=O) groups excluding carboxylic acids is 1. The van der Waals surface area contributed by atoms with Crippen molar-refractivity contribution in [1.29, 1.82) is 0 Å². The first-order chi connectivity index (χ1) is 8.38. The molecule has 0 saturated carbocycles. The molecule has 0 aromatic heterocycles. The second-order valence-corrected chi connectivity index (χ2v) is 3.80. The van der Waals surface area contributed by atoms with E-state index in [1.807, 2.05) is 66.8 Å². The van der Waals surface area contributed by atoms with E-state index in [1.54, 1.807) is 12.2 Å². The first-order valence-corrected chi connectivity index (χ1v) is 5.65. The van der Waals surface area contributed by atoms with E-state index < -0.39 is 0 Å². The molecule has 0 aromatic carbocycles. The van der Waals surface area contributed by atoms with Gasteiger partial charge in [-0.2, -0.15) is 0 Å². The molecule has 0 amide bonds. The van der Waals surface area contributed by atoms with Crippen LogP contribution in [0.3, 0.4) is 0 Å². The Morgan fingerprint density at radius 1 is 0.706 bits per heavy atom. The highest BCUT2D eigenvalue weighted by molar-refractivity contribution is 6.05. The third kappa shape index (κ3) is 3.15. The summed E-state index contributed by atoms with van der Waals surface area (Å²) in [6.45, 7) is 0. The lowest BCUT2D eigenvalue weighted by molar-refractivity contribution is -0.111. The van der Waals surface area contributed by atoms with Crippen LogP contribution in [0.2, 0.25) is 0 Å². The summed E-state index contributed by atoms with van der Waals surface area (Å²) in [5, 5.41) is 0. The maximum Gasteiger partial charge on any atom is 0.182 e. The molecule has 1 unspecified atom stereocenters. The molecule has 1 atom stereocenters. The summed E-state index contributed by atoms with van der Waals surface area (Å²) in [4.78, 5) is 12.0. The molecule has 0 aliphatic heterocycles. The minimum Gasteiger partial charge on any atom is -0.290 e.